The van der Waals surface area contributed by atoms with Crippen LogP contribution >= 0.6 is 11.8 Å². The number of methoxy groups -OCH3 is 1. The van der Waals surface area contributed by atoms with Crippen LogP contribution in [0.4, 0.5) is 0 Å². The quantitative estimate of drug-likeness (QED) is 0.903. The van der Waals surface area contributed by atoms with Crippen molar-refractivity contribution >= 4 is 17.7 Å². The molecule has 2 aromatic carbocycles. The van der Waals surface area contributed by atoms with Crippen LogP contribution < -0.4 is 10.1 Å². The summed E-state index contributed by atoms with van der Waals surface area (Å²) in [7, 11) is 1.66. The molecule has 3 rings (SSSR count). The van der Waals surface area contributed by atoms with Gasteiger partial charge in [-0.15, -0.1) is 11.8 Å². The summed E-state index contributed by atoms with van der Waals surface area (Å²) in [5, 5.41) is 3.19. The zero-order valence-corrected chi connectivity index (χ0v) is 14.1. The average Bonchev–Trinajstić information content (AvgIpc) is 2.60. The second-order valence-corrected chi connectivity index (χ2v) is 6.74. The molecule has 0 bridgehead atoms. The molecule has 1 N–H and O–H groups in total. The molecule has 23 heavy (non-hydrogen) atoms. The molecular weight excluding hydrogens is 306 g/mol. The van der Waals surface area contributed by atoms with Crippen molar-refractivity contribution in [3.8, 4) is 5.75 Å². The number of hydrogen-bond donors (Lipinski definition) is 1. The maximum absolute atomic E-state index is 12.3. The van der Waals surface area contributed by atoms with Gasteiger partial charge in [0.15, 0.2) is 0 Å². The van der Waals surface area contributed by atoms with Gasteiger partial charge in [-0.1, -0.05) is 36.4 Å². The highest BCUT2D eigenvalue weighted by molar-refractivity contribution is 7.99. The summed E-state index contributed by atoms with van der Waals surface area (Å²) >= 11 is 1.87. The molecule has 4 heteroatoms. The van der Waals surface area contributed by atoms with Crippen molar-refractivity contribution in [1.82, 2.24) is 5.32 Å². The first-order valence-electron chi connectivity index (χ1n) is 7.91. The average molecular weight is 327 g/mol. The number of benzene rings is 2. The Morgan fingerprint density at radius 3 is 2.87 bits per heavy atom. The maximum atomic E-state index is 12.3. The lowest BCUT2D eigenvalue weighted by Gasteiger charge is -2.26. The van der Waals surface area contributed by atoms with Crippen LogP contribution in [0, 0.1) is 0 Å². The van der Waals surface area contributed by atoms with E-state index in [4.69, 9.17) is 4.74 Å². The first-order chi connectivity index (χ1) is 11.3. The Balaban J connectivity index is 1.60. The monoisotopic (exact) mass is 327 g/mol. The fraction of sp³-hybridized carbons (Fsp3) is 0.316. The standard InChI is InChI=1S/C19H21NO2S/c1-22-17-8-4-2-6-14(17)10-11-19(21)20-16-12-13-23-18-9-5-3-7-15(16)18/h2-9,16H,10-13H2,1H3,(H,20,21)/t16-/m1/s1. The van der Waals surface area contributed by atoms with Crippen molar-refractivity contribution in [2.24, 2.45) is 0 Å². The molecule has 1 atom stereocenters. The Morgan fingerprint density at radius 1 is 1.22 bits per heavy atom. The third-order valence-electron chi connectivity index (χ3n) is 4.11. The molecule has 120 valence electrons. The summed E-state index contributed by atoms with van der Waals surface area (Å²) in [6.07, 6.45) is 2.16. The largest absolute Gasteiger partial charge is 0.496 e. The van der Waals surface area contributed by atoms with E-state index in [1.165, 1.54) is 10.5 Å². The Labute approximate surface area is 141 Å². The molecular formula is C19H21NO2S. The van der Waals surface area contributed by atoms with Crippen LogP contribution in [0.5, 0.6) is 5.75 Å². The highest BCUT2D eigenvalue weighted by atomic mass is 32.2. The van der Waals surface area contributed by atoms with Crippen LogP contribution in [0.1, 0.15) is 30.0 Å². The summed E-state index contributed by atoms with van der Waals surface area (Å²) in [5.74, 6) is 2.00. The summed E-state index contributed by atoms with van der Waals surface area (Å²) < 4.78 is 5.34. The number of hydrogen-bond acceptors (Lipinski definition) is 3. The summed E-state index contributed by atoms with van der Waals surface area (Å²) in [4.78, 5) is 13.6. The zero-order valence-electron chi connectivity index (χ0n) is 13.2. The number of nitrogens with one attached hydrogen (secondary N) is 1. The van der Waals surface area contributed by atoms with Crippen LogP contribution in [0.2, 0.25) is 0 Å². The first-order valence-corrected chi connectivity index (χ1v) is 8.89. The molecule has 0 spiro atoms. The van der Waals surface area contributed by atoms with Gasteiger partial charge in [0.2, 0.25) is 5.91 Å². The van der Waals surface area contributed by atoms with E-state index >= 15 is 0 Å². The molecule has 0 aromatic heterocycles. The highest BCUT2D eigenvalue weighted by Gasteiger charge is 2.21. The van der Waals surface area contributed by atoms with E-state index in [0.717, 1.165) is 23.5 Å². The minimum atomic E-state index is 0.0996. The van der Waals surface area contributed by atoms with Crippen molar-refractivity contribution in [1.29, 1.82) is 0 Å². The highest BCUT2D eigenvalue weighted by Crippen LogP contribution is 2.35. The predicted octanol–water partition coefficient (Wildman–Crippen LogP) is 3.98. The molecule has 0 fully saturated rings. The number of rotatable bonds is 5. The van der Waals surface area contributed by atoms with E-state index < -0.39 is 0 Å². The molecule has 1 aliphatic rings. The van der Waals surface area contributed by atoms with Gasteiger partial charge >= 0.3 is 0 Å². The summed E-state index contributed by atoms with van der Waals surface area (Å²) in [6.45, 7) is 0. The van der Waals surface area contributed by atoms with Gasteiger partial charge in [0.25, 0.3) is 0 Å². The van der Waals surface area contributed by atoms with Crippen molar-refractivity contribution in [3.05, 3.63) is 59.7 Å². The number of aryl methyl sites for hydroxylation is 1. The number of amides is 1. The molecule has 0 saturated carbocycles. The molecule has 0 radical (unpaired) electrons. The number of para-hydroxylation sites is 1. The van der Waals surface area contributed by atoms with E-state index in [2.05, 4.69) is 23.5 Å². The van der Waals surface area contributed by atoms with Gasteiger partial charge < -0.3 is 10.1 Å². The van der Waals surface area contributed by atoms with Crippen molar-refractivity contribution in [2.75, 3.05) is 12.9 Å². The fourth-order valence-electron chi connectivity index (χ4n) is 2.92. The molecule has 0 saturated heterocycles. The number of fused-ring (bicyclic) bond motifs is 1. The normalized spacial score (nSPS) is 16.5. The van der Waals surface area contributed by atoms with Crippen LogP contribution in [0.25, 0.3) is 0 Å². The minimum Gasteiger partial charge on any atom is -0.496 e. The van der Waals surface area contributed by atoms with Gasteiger partial charge in [0.1, 0.15) is 5.75 Å². The Kier molecular flexibility index (Phi) is 5.23. The van der Waals surface area contributed by atoms with Gasteiger partial charge in [-0.2, -0.15) is 0 Å². The second kappa shape index (κ2) is 7.55. The van der Waals surface area contributed by atoms with Gasteiger partial charge in [0, 0.05) is 17.1 Å². The number of thioether (sulfide) groups is 1. The number of ether oxygens (including phenoxy) is 1. The Morgan fingerprint density at radius 2 is 2.00 bits per heavy atom. The SMILES string of the molecule is COc1ccccc1CCC(=O)N[C@@H]1CCSc2ccccc21. The van der Waals surface area contributed by atoms with E-state index in [1.807, 2.05) is 42.1 Å². The summed E-state index contributed by atoms with van der Waals surface area (Å²) in [6, 6.07) is 16.3. The lowest BCUT2D eigenvalue weighted by molar-refractivity contribution is -0.121. The lowest BCUT2D eigenvalue weighted by Crippen LogP contribution is -2.30. The van der Waals surface area contributed by atoms with E-state index in [9.17, 15) is 4.79 Å². The van der Waals surface area contributed by atoms with Crippen LogP contribution in [0.15, 0.2) is 53.4 Å². The molecule has 1 amide bonds. The zero-order chi connectivity index (χ0) is 16.1. The molecule has 0 aliphatic carbocycles. The van der Waals surface area contributed by atoms with Crippen LogP contribution in [-0.2, 0) is 11.2 Å². The predicted molar refractivity (Wildman–Crippen MR) is 94.0 cm³/mol. The third kappa shape index (κ3) is 3.88. The summed E-state index contributed by atoms with van der Waals surface area (Å²) in [5.41, 5.74) is 2.32. The molecule has 2 aromatic rings. The molecule has 1 aliphatic heterocycles. The molecule has 0 unspecified atom stereocenters. The maximum Gasteiger partial charge on any atom is 0.220 e. The van der Waals surface area contributed by atoms with Crippen LogP contribution in [-0.4, -0.2) is 18.8 Å². The van der Waals surface area contributed by atoms with Gasteiger partial charge in [0.05, 0.1) is 13.2 Å². The Hall–Kier alpha value is -1.94. The van der Waals surface area contributed by atoms with Crippen LogP contribution in [0.3, 0.4) is 0 Å². The molecule has 3 nitrogen and oxygen atoms in total. The van der Waals surface area contributed by atoms with E-state index in [-0.39, 0.29) is 11.9 Å². The smallest absolute Gasteiger partial charge is 0.220 e. The second-order valence-electron chi connectivity index (χ2n) is 5.61. The fourth-order valence-corrected chi connectivity index (χ4v) is 4.04. The van der Waals surface area contributed by atoms with Crippen molar-refractivity contribution < 1.29 is 9.53 Å². The number of carbonyl (C=O) groups excluding carboxylic acids is 1. The van der Waals surface area contributed by atoms with Gasteiger partial charge in [-0.3, -0.25) is 4.79 Å². The first kappa shape index (κ1) is 15.9. The molecule has 1 heterocycles. The van der Waals surface area contributed by atoms with E-state index in [0.29, 0.717) is 12.8 Å². The van der Waals surface area contributed by atoms with E-state index in [1.54, 1.807) is 7.11 Å². The topological polar surface area (TPSA) is 38.3 Å². The third-order valence-corrected chi connectivity index (χ3v) is 5.23. The van der Waals surface area contributed by atoms with Crippen molar-refractivity contribution in [2.45, 2.75) is 30.2 Å². The van der Waals surface area contributed by atoms with Gasteiger partial charge in [-0.05, 0) is 36.1 Å². The van der Waals surface area contributed by atoms with Gasteiger partial charge in [-0.25, -0.2) is 0 Å². The lowest BCUT2D eigenvalue weighted by atomic mass is 10.0. The number of carbonyl (C=O) groups is 1. The van der Waals surface area contributed by atoms with Crippen molar-refractivity contribution in [3.63, 3.8) is 0 Å². The Bertz CT molecular complexity index is 687. The minimum absolute atomic E-state index is 0.0996.